The van der Waals surface area contributed by atoms with Crippen molar-refractivity contribution < 1.29 is 16.8 Å². The zero-order chi connectivity index (χ0) is 13.4. The van der Waals surface area contributed by atoms with Crippen LogP contribution in [0.25, 0.3) is 0 Å². The van der Waals surface area contributed by atoms with Gasteiger partial charge in [-0.3, -0.25) is 0 Å². The van der Waals surface area contributed by atoms with E-state index >= 15 is 0 Å². The Hall–Kier alpha value is -0.180. The van der Waals surface area contributed by atoms with Crippen molar-refractivity contribution in [3.63, 3.8) is 0 Å². The Labute approximate surface area is 108 Å². The van der Waals surface area contributed by atoms with Crippen LogP contribution in [0.4, 0.5) is 0 Å². The monoisotopic (exact) mass is 296 g/mol. The molecule has 1 saturated carbocycles. The van der Waals surface area contributed by atoms with Gasteiger partial charge in [-0.05, 0) is 32.1 Å². The second-order valence-corrected chi connectivity index (χ2v) is 9.52. The smallest absolute Gasteiger partial charge is 0.215 e. The summed E-state index contributed by atoms with van der Waals surface area (Å²) >= 11 is 0. The third kappa shape index (κ3) is 3.43. The molecule has 1 saturated heterocycles. The van der Waals surface area contributed by atoms with Gasteiger partial charge in [-0.1, -0.05) is 0 Å². The van der Waals surface area contributed by atoms with Gasteiger partial charge in [-0.2, -0.15) is 0 Å². The van der Waals surface area contributed by atoms with E-state index in [-0.39, 0.29) is 30.0 Å². The highest BCUT2D eigenvalue weighted by Gasteiger charge is 2.38. The molecule has 106 valence electrons. The fourth-order valence-electron chi connectivity index (χ4n) is 2.57. The number of hydrogen-bond acceptors (Lipinski definition) is 5. The summed E-state index contributed by atoms with van der Waals surface area (Å²) in [6.45, 7) is 0. The Morgan fingerprint density at radius 3 is 2.17 bits per heavy atom. The summed E-state index contributed by atoms with van der Waals surface area (Å²) in [5.74, 6) is -0.261. The maximum atomic E-state index is 12.1. The first-order valence-corrected chi connectivity index (χ1v) is 9.62. The van der Waals surface area contributed by atoms with Gasteiger partial charge in [-0.25, -0.2) is 21.6 Å². The van der Waals surface area contributed by atoms with Gasteiger partial charge in [0.15, 0.2) is 9.84 Å². The Balaban J connectivity index is 1.96. The van der Waals surface area contributed by atoms with Crippen LogP contribution in [0.1, 0.15) is 32.1 Å². The first-order valence-electron chi connectivity index (χ1n) is 6.26. The van der Waals surface area contributed by atoms with Crippen molar-refractivity contribution >= 4 is 19.9 Å². The molecule has 1 aliphatic heterocycles. The lowest BCUT2D eigenvalue weighted by Crippen LogP contribution is -2.44. The van der Waals surface area contributed by atoms with Crippen LogP contribution in [0.2, 0.25) is 0 Å². The summed E-state index contributed by atoms with van der Waals surface area (Å²) in [5.41, 5.74) is 5.76. The maximum Gasteiger partial charge on any atom is 0.215 e. The van der Waals surface area contributed by atoms with Crippen LogP contribution >= 0.6 is 0 Å². The molecule has 8 heteroatoms. The quantitative estimate of drug-likeness (QED) is 0.720. The van der Waals surface area contributed by atoms with Crippen LogP contribution in [0.3, 0.4) is 0 Å². The zero-order valence-electron chi connectivity index (χ0n) is 10.2. The van der Waals surface area contributed by atoms with Gasteiger partial charge in [0.2, 0.25) is 10.0 Å². The minimum absolute atomic E-state index is 0.0197. The van der Waals surface area contributed by atoms with Crippen LogP contribution in [0, 0.1) is 0 Å². The number of hydrogen-bond donors (Lipinski definition) is 2. The lowest BCUT2D eigenvalue weighted by Gasteiger charge is -2.27. The fourth-order valence-corrected chi connectivity index (χ4v) is 6.92. The van der Waals surface area contributed by atoms with E-state index in [4.69, 9.17) is 5.73 Å². The van der Waals surface area contributed by atoms with Crippen LogP contribution in [0.5, 0.6) is 0 Å². The molecule has 1 heterocycles. The molecule has 0 bridgehead atoms. The molecule has 2 rings (SSSR count). The Kier molecular flexibility index (Phi) is 4.01. The Morgan fingerprint density at radius 1 is 1.06 bits per heavy atom. The molecule has 0 radical (unpaired) electrons. The van der Waals surface area contributed by atoms with Crippen molar-refractivity contribution in [2.24, 2.45) is 5.73 Å². The Bertz CT molecular complexity index is 492. The minimum Gasteiger partial charge on any atom is -0.328 e. The lowest BCUT2D eigenvalue weighted by molar-refractivity contribution is 0.372. The third-order valence-electron chi connectivity index (χ3n) is 3.73. The number of sulfonamides is 1. The largest absolute Gasteiger partial charge is 0.328 e. The lowest BCUT2D eigenvalue weighted by atomic mass is 9.93. The van der Waals surface area contributed by atoms with Crippen molar-refractivity contribution in [2.75, 3.05) is 11.5 Å². The van der Waals surface area contributed by atoms with Crippen LogP contribution in [0.15, 0.2) is 0 Å². The van der Waals surface area contributed by atoms with Crippen molar-refractivity contribution in [2.45, 2.75) is 49.4 Å². The summed E-state index contributed by atoms with van der Waals surface area (Å²) < 4.78 is 49.4. The van der Waals surface area contributed by atoms with E-state index in [1.54, 1.807) is 0 Å². The highest BCUT2D eigenvalue weighted by molar-refractivity contribution is 7.95. The molecule has 1 atom stereocenters. The predicted octanol–water partition coefficient (Wildman–Crippen LogP) is -0.637. The maximum absolute atomic E-state index is 12.1. The average molecular weight is 296 g/mol. The van der Waals surface area contributed by atoms with E-state index in [1.807, 2.05) is 0 Å². The Morgan fingerprint density at radius 2 is 1.67 bits per heavy atom. The minimum atomic E-state index is -3.52. The van der Waals surface area contributed by atoms with Crippen molar-refractivity contribution in [1.29, 1.82) is 0 Å². The third-order valence-corrected chi connectivity index (χ3v) is 7.65. The summed E-state index contributed by atoms with van der Waals surface area (Å²) in [6.07, 6.45) is 3.32. The average Bonchev–Trinajstić information content (AvgIpc) is 2.63. The van der Waals surface area contributed by atoms with Gasteiger partial charge in [0.1, 0.15) is 0 Å². The van der Waals surface area contributed by atoms with Crippen molar-refractivity contribution in [3.05, 3.63) is 0 Å². The number of rotatable bonds is 3. The number of nitrogens with two attached hydrogens (primary N) is 1. The summed E-state index contributed by atoms with van der Waals surface area (Å²) in [7, 11) is -6.69. The topological polar surface area (TPSA) is 106 Å². The molecule has 2 aliphatic rings. The number of nitrogens with one attached hydrogen (secondary N) is 1. The first-order chi connectivity index (χ1) is 8.28. The predicted molar refractivity (Wildman–Crippen MR) is 69.3 cm³/mol. The van der Waals surface area contributed by atoms with Gasteiger partial charge < -0.3 is 5.73 Å². The van der Waals surface area contributed by atoms with E-state index in [9.17, 15) is 16.8 Å². The van der Waals surface area contributed by atoms with E-state index in [2.05, 4.69) is 4.72 Å². The molecular formula is C10H20N2O4S2. The SMILES string of the molecule is NC1CCC(NS(=O)(=O)C2CCS(=O)(=O)C2)CC1. The van der Waals surface area contributed by atoms with E-state index < -0.39 is 25.1 Å². The van der Waals surface area contributed by atoms with Crippen molar-refractivity contribution in [1.82, 2.24) is 4.72 Å². The molecule has 1 aliphatic carbocycles. The van der Waals surface area contributed by atoms with E-state index in [1.165, 1.54) is 0 Å². The molecule has 1 unspecified atom stereocenters. The molecule has 18 heavy (non-hydrogen) atoms. The van der Waals surface area contributed by atoms with E-state index in [0.717, 1.165) is 25.7 Å². The van der Waals surface area contributed by atoms with Crippen LogP contribution < -0.4 is 10.5 Å². The normalized spacial score (nSPS) is 36.6. The molecule has 0 aromatic carbocycles. The highest BCUT2D eigenvalue weighted by Crippen LogP contribution is 2.22. The highest BCUT2D eigenvalue weighted by atomic mass is 32.2. The molecule has 0 spiro atoms. The van der Waals surface area contributed by atoms with Crippen LogP contribution in [-0.4, -0.2) is 45.7 Å². The summed E-state index contributed by atoms with van der Waals surface area (Å²) in [6, 6.07) is 0.0794. The molecule has 3 N–H and O–H groups in total. The van der Waals surface area contributed by atoms with Gasteiger partial charge >= 0.3 is 0 Å². The van der Waals surface area contributed by atoms with Gasteiger partial charge in [0, 0.05) is 12.1 Å². The summed E-state index contributed by atoms with van der Waals surface area (Å²) in [5, 5.41) is -0.780. The summed E-state index contributed by atoms with van der Waals surface area (Å²) in [4.78, 5) is 0. The second kappa shape index (κ2) is 5.07. The first kappa shape index (κ1) is 14.2. The van der Waals surface area contributed by atoms with Gasteiger partial charge in [0.25, 0.3) is 0 Å². The second-order valence-electron chi connectivity index (χ2n) is 5.30. The van der Waals surface area contributed by atoms with Crippen molar-refractivity contribution in [3.8, 4) is 0 Å². The van der Waals surface area contributed by atoms with Gasteiger partial charge in [-0.15, -0.1) is 0 Å². The van der Waals surface area contributed by atoms with Crippen LogP contribution in [-0.2, 0) is 19.9 Å². The molecule has 0 amide bonds. The standard InChI is InChI=1S/C10H20N2O4S2/c11-8-1-3-9(4-2-8)12-18(15,16)10-5-6-17(13,14)7-10/h8-10,12H,1-7,11H2. The molecule has 0 aromatic heterocycles. The van der Waals surface area contributed by atoms with E-state index in [0.29, 0.717) is 0 Å². The molecule has 2 fully saturated rings. The van der Waals surface area contributed by atoms with Gasteiger partial charge in [0.05, 0.1) is 16.8 Å². The number of sulfone groups is 1. The molecule has 0 aromatic rings. The molecular weight excluding hydrogens is 276 g/mol. The zero-order valence-corrected chi connectivity index (χ0v) is 11.8. The fraction of sp³-hybridized carbons (Fsp3) is 1.00. The molecule has 6 nitrogen and oxygen atoms in total.